The summed E-state index contributed by atoms with van der Waals surface area (Å²) < 4.78 is 0.331. The molecule has 1 rings (SSSR count). The molecule has 1 aromatic carbocycles. The number of nitrogens with one attached hydrogen (secondary N) is 1. The molecule has 80 valence electrons. The summed E-state index contributed by atoms with van der Waals surface area (Å²) in [7, 11) is 0. The van der Waals surface area contributed by atoms with Crippen LogP contribution >= 0.6 is 15.9 Å². The molecule has 0 unspecified atom stereocenters. The van der Waals surface area contributed by atoms with Crippen molar-refractivity contribution in [2.24, 2.45) is 0 Å². The molecular formula is C12H14BrNO. The molecule has 0 bridgehead atoms. The summed E-state index contributed by atoms with van der Waals surface area (Å²) in [5, 5.41) is 2.75. The summed E-state index contributed by atoms with van der Waals surface area (Å²) in [6.45, 7) is 7.74. The predicted molar refractivity (Wildman–Crippen MR) is 67.2 cm³/mol. The zero-order valence-corrected chi connectivity index (χ0v) is 10.5. The molecule has 2 nitrogen and oxygen atoms in total. The largest absolute Gasteiger partial charge is 0.322 e. The second-order valence-electron chi connectivity index (χ2n) is 3.64. The van der Waals surface area contributed by atoms with Crippen LogP contribution in [0.3, 0.4) is 0 Å². The molecule has 0 saturated heterocycles. The molecule has 0 spiro atoms. The molecule has 0 aliphatic heterocycles. The van der Waals surface area contributed by atoms with Gasteiger partial charge in [0.1, 0.15) is 0 Å². The molecule has 0 radical (unpaired) electrons. The Bertz CT molecular complexity index is 385. The van der Waals surface area contributed by atoms with Gasteiger partial charge >= 0.3 is 0 Å². The van der Waals surface area contributed by atoms with Crippen molar-refractivity contribution >= 4 is 27.5 Å². The Morgan fingerprint density at radius 1 is 1.47 bits per heavy atom. The third-order valence-corrected chi connectivity index (χ3v) is 2.42. The SMILES string of the molecule is C=C(Br)C(=O)Nc1cccc(C(C)C)c1. The minimum atomic E-state index is -0.212. The van der Waals surface area contributed by atoms with E-state index in [0.29, 0.717) is 10.4 Å². The van der Waals surface area contributed by atoms with E-state index in [1.165, 1.54) is 5.56 Å². The average molecular weight is 268 g/mol. The Hall–Kier alpha value is -1.09. The van der Waals surface area contributed by atoms with Crippen LogP contribution in [0.25, 0.3) is 0 Å². The summed E-state index contributed by atoms with van der Waals surface area (Å²) in [4.78, 5) is 11.3. The van der Waals surface area contributed by atoms with E-state index in [9.17, 15) is 4.79 Å². The van der Waals surface area contributed by atoms with Crippen LogP contribution in [0.5, 0.6) is 0 Å². The van der Waals surface area contributed by atoms with Gasteiger partial charge in [-0.05, 0) is 39.5 Å². The smallest absolute Gasteiger partial charge is 0.262 e. The number of carbonyl (C=O) groups excluding carboxylic acids is 1. The summed E-state index contributed by atoms with van der Waals surface area (Å²) in [5.74, 6) is 0.241. The molecule has 0 atom stereocenters. The Morgan fingerprint density at radius 3 is 2.67 bits per heavy atom. The van der Waals surface area contributed by atoms with Crippen molar-refractivity contribution in [3.8, 4) is 0 Å². The van der Waals surface area contributed by atoms with Crippen molar-refractivity contribution in [2.45, 2.75) is 19.8 Å². The van der Waals surface area contributed by atoms with E-state index in [1.54, 1.807) is 0 Å². The number of hydrogen-bond donors (Lipinski definition) is 1. The quantitative estimate of drug-likeness (QED) is 0.833. The molecule has 0 aliphatic carbocycles. The lowest BCUT2D eigenvalue weighted by atomic mass is 10.0. The van der Waals surface area contributed by atoms with Crippen LogP contribution in [0, 0.1) is 0 Å². The van der Waals surface area contributed by atoms with Gasteiger partial charge in [-0.2, -0.15) is 0 Å². The molecule has 0 saturated carbocycles. The fourth-order valence-corrected chi connectivity index (χ4v) is 1.27. The number of rotatable bonds is 3. The molecule has 1 N–H and O–H groups in total. The van der Waals surface area contributed by atoms with Crippen molar-refractivity contribution in [2.75, 3.05) is 5.32 Å². The Balaban J connectivity index is 2.82. The summed E-state index contributed by atoms with van der Waals surface area (Å²) in [5.41, 5.74) is 2.00. The van der Waals surface area contributed by atoms with Crippen LogP contribution in [0.4, 0.5) is 5.69 Å². The molecule has 1 amide bonds. The highest BCUT2D eigenvalue weighted by atomic mass is 79.9. The number of hydrogen-bond acceptors (Lipinski definition) is 1. The molecular weight excluding hydrogens is 254 g/mol. The molecule has 15 heavy (non-hydrogen) atoms. The van der Waals surface area contributed by atoms with Crippen molar-refractivity contribution in [1.82, 2.24) is 0 Å². The second-order valence-corrected chi connectivity index (χ2v) is 4.60. The first kappa shape index (κ1) is 12.0. The van der Waals surface area contributed by atoms with Gasteiger partial charge in [-0.25, -0.2) is 0 Å². The van der Waals surface area contributed by atoms with E-state index in [0.717, 1.165) is 5.69 Å². The van der Waals surface area contributed by atoms with Crippen molar-refractivity contribution in [3.05, 3.63) is 40.9 Å². The zero-order valence-electron chi connectivity index (χ0n) is 8.88. The first-order chi connectivity index (χ1) is 7.00. The Morgan fingerprint density at radius 2 is 2.13 bits per heavy atom. The lowest BCUT2D eigenvalue weighted by Gasteiger charge is -2.08. The van der Waals surface area contributed by atoms with Gasteiger partial charge < -0.3 is 5.32 Å². The van der Waals surface area contributed by atoms with Crippen LogP contribution in [0.15, 0.2) is 35.3 Å². The van der Waals surface area contributed by atoms with Gasteiger partial charge in [0.25, 0.3) is 5.91 Å². The maximum Gasteiger partial charge on any atom is 0.262 e. The molecule has 1 aromatic rings. The first-order valence-electron chi connectivity index (χ1n) is 4.76. The molecule has 0 aliphatic rings. The maximum absolute atomic E-state index is 11.3. The fourth-order valence-electron chi connectivity index (χ4n) is 1.17. The Kier molecular flexibility index (Phi) is 4.09. The van der Waals surface area contributed by atoms with Crippen LogP contribution in [-0.2, 0) is 4.79 Å². The Labute approximate surface area is 98.5 Å². The van der Waals surface area contributed by atoms with Gasteiger partial charge in [-0.3, -0.25) is 4.79 Å². The second kappa shape index (κ2) is 5.12. The molecule has 0 heterocycles. The van der Waals surface area contributed by atoms with Gasteiger partial charge in [0, 0.05) is 5.69 Å². The minimum Gasteiger partial charge on any atom is -0.322 e. The van der Waals surface area contributed by atoms with Gasteiger partial charge in [0.2, 0.25) is 0 Å². The van der Waals surface area contributed by atoms with Gasteiger partial charge in [-0.15, -0.1) is 0 Å². The highest BCUT2D eigenvalue weighted by Gasteiger charge is 2.05. The third-order valence-electron chi connectivity index (χ3n) is 2.06. The van der Waals surface area contributed by atoms with E-state index in [1.807, 2.05) is 24.3 Å². The minimum absolute atomic E-state index is 0.212. The number of anilines is 1. The van der Waals surface area contributed by atoms with Crippen LogP contribution in [0.2, 0.25) is 0 Å². The van der Waals surface area contributed by atoms with Gasteiger partial charge in [-0.1, -0.05) is 32.6 Å². The lowest BCUT2D eigenvalue weighted by Crippen LogP contribution is -2.10. The highest BCUT2D eigenvalue weighted by Crippen LogP contribution is 2.19. The van der Waals surface area contributed by atoms with Crippen molar-refractivity contribution in [1.29, 1.82) is 0 Å². The molecule has 0 aromatic heterocycles. The lowest BCUT2D eigenvalue weighted by molar-refractivity contribution is -0.112. The number of halogens is 1. The van der Waals surface area contributed by atoms with E-state index >= 15 is 0 Å². The van der Waals surface area contributed by atoms with Crippen LogP contribution < -0.4 is 5.32 Å². The zero-order chi connectivity index (χ0) is 11.4. The predicted octanol–water partition coefficient (Wildman–Crippen LogP) is 3.66. The molecule has 0 fully saturated rings. The highest BCUT2D eigenvalue weighted by molar-refractivity contribution is 9.12. The van der Waals surface area contributed by atoms with Gasteiger partial charge in [0.15, 0.2) is 0 Å². The van der Waals surface area contributed by atoms with Crippen molar-refractivity contribution < 1.29 is 4.79 Å². The van der Waals surface area contributed by atoms with Crippen LogP contribution in [0.1, 0.15) is 25.3 Å². The third kappa shape index (κ3) is 3.51. The van der Waals surface area contributed by atoms with E-state index in [4.69, 9.17) is 0 Å². The van der Waals surface area contributed by atoms with E-state index in [2.05, 4.69) is 41.7 Å². The number of carbonyl (C=O) groups is 1. The first-order valence-corrected chi connectivity index (χ1v) is 5.55. The number of amides is 1. The maximum atomic E-state index is 11.3. The summed E-state index contributed by atoms with van der Waals surface area (Å²) in [6, 6.07) is 7.81. The standard InChI is InChI=1S/C12H14BrNO/c1-8(2)10-5-4-6-11(7-10)14-12(15)9(3)13/h4-8H,3H2,1-2H3,(H,14,15). The summed E-state index contributed by atoms with van der Waals surface area (Å²) >= 11 is 3.04. The summed E-state index contributed by atoms with van der Waals surface area (Å²) in [6.07, 6.45) is 0. The van der Waals surface area contributed by atoms with E-state index in [-0.39, 0.29) is 5.91 Å². The fraction of sp³-hybridized carbons (Fsp3) is 0.250. The van der Waals surface area contributed by atoms with Crippen molar-refractivity contribution in [3.63, 3.8) is 0 Å². The average Bonchev–Trinajstić information content (AvgIpc) is 2.18. The normalized spacial score (nSPS) is 10.1. The molecule has 3 heteroatoms. The van der Waals surface area contributed by atoms with E-state index < -0.39 is 0 Å². The monoisotopic (exact) mass is 267 g/mol. The van der Waals surface area contributed by atoms with Gasteiger partial charge in [0.05, 0.1) is 4.48 Å². The van der Waals surface area contributed by atoms with Crippen LogP contribution in [-0.4, -0.2) is 5.91 Å². The topological polar surface area (TPSA) is 29.1 Å². The number of benzene rings is 1.